The highest BCUT2D eigenvalue weighted by atomic mass is 79.9. The summed E-state index contributed by atoms with van der Waals surface area (Å²) in [5.41, 5.74) is 4.71. The molecule has 2 aromatic heterocycles. The molecule has 14 heteroatoms. The zero-order valence-electron chi connectivity index (χ0n) is 33.2. The number of aromatic nitrogens is 2. The number of ketones is 2. The maximum Gasteiger partial charge on any atom is 0.256 e. The van der Waals surface area contributed by atoms with E-state index in [9.17, 15) is 31.9 Å². The Kier molecular flexibility index (Phi) is 15.2. The Morgan fingerprint density at radius 1 is 0.677 bits per heavy atom. The number of Topliss-reactive ketones (excluding diaryl/α,β-unsaturated/α-hetero) is 2. The molecule has 1 N–H and O–H groups in total. The lowest BCUT2D eigenvalue weighted by molar-refractivity contribution is -0.117. The van der Waals surface area contributed by atoms with E-state index in [1.54, 1.807) is 60.8 Å². The van der Waals surface area contributed by atoms with Crippen molar-refractivity contribution in [2.45, 2.75) is 39.9 Å². The Morgan fingerprint density at radius 3 is 1.89 bits per heavy atom. The fourth-order valence-corrected chi connectivity index (χ4v) is 6.89. The average Bonchev–Trinajstić information content (AvgIpc) is 3.64. The molecule has 0 fully saturated rings. The van der Waals surface area contributed by atoms with Crippen molar-refractivity contribution in [2.75, 3.05) is 5.32 Å². The average molecular weight is 972 g/mol. The van der Waals surface area contributed by atoms with Crippen molar-refractivity contribution in [2.24, 2.45) is 0 Å². The maximum atomic E-state index is 14.2. The first kappa shape index (κ1) is 45.2. The van der Waals surface area contributed by atoms with E-state index in [-0.39, 0.29) is 60.4 Å². The first-order valence-electron chi connectivity index (χ1n) is 19.0. The normalized spacial score (nSPS) is 10.7. The van der Waals surface area contributed by atoms with Crippen molar-refractivity contribution in [1.82, 2.24) is 9.55 Å². The molecule has 0 spiro atoms. The summed E-state index contributed by atoms with van der Waals surface area (Å²) in [6.45, 7) is 3.21. The summed E-state index contributed by atoms with van der Waals surface area (Å²) in [6, 6.07) is 33.6. The number of ether oxygens (including phenoxy) is 2. The van der Waals surface area contributed by atoms with Gasteiger partial charge < -0.3 is 24.2 Å². The zero-order chi connectivity index (χ0) is 44.3. The van der Waals surface area contributed by atoms with Gasteiger partial charge in [0.1, 0.15) is 59.6 Å². The van der Waals surface area contributed by atoms with Crippen molar-refractivity contribution in [3.8, 4) is 28.4 Å². The van der Waals surface area contributed by atoms with Crippen LogP contribution in [0.2, 0.25) is 0 Å². The van der Waals surface area contributed by atoms with Gasteiger partial charge in [-0.2, -0.15) is 0 Å². The lowest BCUT2D eigenvalue weighted by Crippen LogP contribution is -2.12. The number of nitrogens with zero attached hydrogens (tertiary/aromatic N) is 2. The molecule has 5 aromatic carbocycles. The summed E-state index contributed by atoms with van der Waals surface area (Å²) < 4.78 is 69.2. The summed E-state index contributed by atoms with van der Waals surface area (Å²) in [5.74, 6) is -1.92. The van der Waals surface area contributed by atoms with Crippen LogP contribution in [0.3, 0.4) is 0 Å². The van der Waals surface area contributed by atoms with Crippen molar-refractivity contribution >= 4 is 55.2 Å². The fourth-order valence-electron chi connectivity index (χ4n) is 6.17. The Labute approximate surface area is 371 Å². The molecular formula is C48H37Br2F4N3O5. The Hall–Kier alpha value is -6.38. The number of aryl methyl sites for hydroxylation is 1. The number of nitrogens with one attached hydrogen (secondary N) is 1. The van der Waals surface area contributed by atoms with Gasteiger partial charge in [0.15, 0.2) is 5.78 Å². The molecule has 0 saturated carbocycles. The molecular weight excluding hydrogens is 934 g/mol. The first-order valence-corrected chi connectivity index (χ1v) is 20.6. The summed E-state index contributed by atoms with van der Waals surface area (Å²) in [6.07, 6.45) is 1.84. The van der Waals surface area contributed by atoms with E-state index in [1.165, 1.54) is 25.1 Å². The molecule has 0 atom stereocenters. The standard InChI is InChI=1S/C30H22BrF2N3O2.C18H15BrF2O3/c1-19-5-13-27(25-16-22(31)9-14-28(25)38-18-21-6-10-23(32)17-26(21)33)36(19)24-11-7-20(8-12-24)30(37)35-29-4-2-3-15-34-29;1-11(22)2-6-17(23)15-8-13(19)4-7-18(15)24-10-12-3-5-14(20)9-16(12)21/h2-17H,18H2,1H3,(H,34,35,37);3-5,7-9H,2,6,10H2,1H3. The summed E-state index contributed by atoms with van der Waals surface area (Å²) in [5, 5.41) is 2.78. The zero-order valence-corrected chi connectivity index (χ0v) is 36.4. The van der Waals surface area contributed by atoms with E-state index in [4.69, 9.17) is 9.47 Å². The Bertz CT molecular complexity index is 2730. The number of halogens is 6. The highest BCUT2D eigenvalue weighted by Gasteiger charge is 2.18. The summed E-state index contributed by atoms with van der Waals surface area (Å²) >= 11 is 6.82. The highest BCUT2D eigenvalue weighted by Crippen LogP contribution is 2.36. The van der Waals surface area contributed by atoms with E-state index < -0.39 is 23.3 Å². The van der Waals surface area contributed by atoms with Gasteiger partial charge >= 0.3 is 0 Å². The highest BCUT2D eigenvalue weighted by molar-refractivity contribution is 9.10. The van der Waals surface area contributed by atoms with Crippen LogP contribution in [0.15, 0.2) is 143 Å². The Balaban J connectivity index is 0.000000230. The van der Waals surface area contributed by atoms with Gasteiger partial charge in [-0.25, -0.2) is 22.5 Å². The van der Waals surface area contributed by atoms with E-state index in [0.29, 0.717) is 27.2 Å². The quantitative estimate of drug-likeness (QED) is 0.0861. The van der Waals surface area contributed by atoms with Crippen LogP contribution in [-0.4, -0.2) is 27.0 Å². The third-order valence-corrected chi connectivity index (χ3v) is 10.3. The molecule has 0 aliphatic heterocycles. The number of hydrogen-bond donors (Lipinski definition) is 1. The third-order valence-electron chi connectivity index (χ3n) is 9.33. The number of amides is 1. The minimum atomic E-state index is -0.712. The summed E-state index contributed by atoms with van der Waals surface area (Å²) in [4.78, 5) is 40.1. The molecule has 0 unspecified atom stereocenters. The van der Waals surface area contributed by atoms with E-state index in [1.807, 2.05) is 47.9 Å². The second-order valence-electron chi connectivity index (χ2n) is 13.9. The lowest BCUT2D eigenvalue weighted by atomic mass is 10.0. The number of benzene rings is 5. The van der Waals surface area contributed by atoms with Crippen molar-refractivity contribution in [3.63, 3.8) is 0 Å². The molecule has 0 radical (unpaired) electrons. The fraction of sp³-hybridized carbons (Fsp3) is 0.125. The molecule has 0 saturated heterocycles. The van der Waals surface area contributed by atoms with Gasteiger partial charge in [-0.3, -0.25) is 9.59 Å². The van der Waals surface area contributed by atoms with Crippen LogP contribution in [-0.2, 0) is 18.0 Å². The Morgan fingerprint density at radius 2 is 1.29 bits per heavy atom. The molecule has 8 nitrogen and oxygen atoms in total. The minimum absolute atomic E-state index is 0.0550. The maximum absolute atomic E-state index is 14.2. The number of anilines is 1. The summed E-state index contributed by atoms with van der Waals surface area (Å²) in [7, 11) is 0. The van der Waals surface area contributed by atoms with Crippen molar-refractivity contribution < 1.29 is 41.4 Å². The largest absolute Gasteiger partial charge is 0.488 e. The van der Waals surface area contributed by atoms with Crippen LogP contribution in [0.4, 0.5) is 23.4 Å². The topological polar surface area (TPSA) is 99.5 Å². The smallest absolute Gasteiger partial charge is 0.256 e. The van der Waals surface area contributed by atoms with Crippen LogP contribution >= 0.6 is 31.9 Å². The lowest BCUT2D eigenvalue weighted by Gasteiger charge is -2.17. The molecule has 0 bridgehead atoms. The predicted molar refractivity (Wildman–Crippen MR) is 236 cm³/mol. The van der Waals surface area contributed by atoms with Crippen molar-refractivity contribution in [1.29, 1.82) is 0 Å². The minimum Gasteiger partial charge on any atom is -0.488 e. The molecule has 7 rings (SSSR count). The predicted octanol–water partition coefficient (Wildman–Crippen LogP) is 12.6. The van der Waals surface area contributed by atoms with Crippen LogP contribution in [0.5, 0.6) is 11.5 Å². The first-order chi connectivity index (χ1) is 29.7. The van der Waals surface area contributed by atoms with Crippen LogP contribution in [0.1, 0.15) is 57.3 Å². The number of pyridine rings is 1. The van der Waals surface area contributed by atoms with E-state index in [0.717, 1.165) is 45.3 Å². The van der Waals surface area contributed by atoms with Gasteiger partial charge in [0, 0.05) is 73.8 Å². The van der Waals surface area contributed by atoms with E-state index >= 15 is 0 Å². The second-order valence-corrected chi connectivity index (χ2v) is 15.7. The van der Waals surface area contributed by atoms with Gasteiger partial charge in [-0.05, 0) is 123 Å². The molecule has 1 amide bonds. The number of hydrogen-bond acceptors (Lipinski definition) is 6. The molecule has 7 aromatic rings. The second kappa shape index (κ2) is 20.9. The molecule has 0 aliphatic carbocycles. The van der Waals surface area contributed by atoms with Gasteiger partial charge in [-0.1, -0.05) is 37.9 Å². The van der Waals surface area contributed by atoms with Gasteiger partial charge in [0.2, 0.25) is 0 Å². The molecule has 316 valence electrons. The molecule has 62 heavy (non-hydrogen) atoms. The van der Waals surface area contributed by atoms with Gasteiger partial charge in [0.25, 0.3) is 5.91 Å². The monoisotopic (exact) mass is 969 g/mol. The molecule has 2 heterocycles. The number of carbonyl (C=O) groups is 3. The number of rotatable bonds is 14. The molecule has 0 aliphatic rings. The van der Waals surface area contributed by atoms with Crippen LogP contribution < -0.4 is 14.8 Å². The SMILES string of the molecule is CC(=O)CCC(=O)c1cc(Br)ccc1OCc1ccc(F)cc1F.Cc1ccc(-c2cc(Br)ccc2OCc2ccc(F)cc2F)n1-c1ccc(C(=O)Nc2ccccn2)cc1. The van der Waals surface area contributed by atoms with Gasteiger partial charge in [0.05, 0.1) is 11.3 Å². The van der Waals surface area contributed by atoms with E-state index in [2.05, 4.69) is 42.2 Å². The number of carbonyl (C=O) groups excluding carboxylic acids is 3. The van der Waals surface area contributed by atoms with Crippen molar-refractivity contribution in [3.05, 3.63) is 194 Å². The van der Waals surface area contributed by atoms with Crippen LogP contribution in [0, 0.1) is 30.2 Å². The third kappa shape index (κ3) is 11.9. The van der Waals surface area contributed by atoms with Crippen LogP contribution in [0.25, 0.3) is 16.9 Å². The van der Waals surface area contributed by atoms with Gasteiger partial charge in [-0.15, -0.1) is 0 Å².